The topological polar surface area (TPSA) is 268 Å². The maximum absolute atomic E-state index is 14.5. The van der Waals surface area contributed by atoms with Crippen molar-refractivity contribution < 1.29 is 56.5 Å². The molecule has 6 atom stereocenters. The summed E-state index contributed by atoms with van der Waals surface area (Å²) in [6.07, 6.45) is -2.15. The third kappa shape index (κ3) is 10.5. The summed E-state index contributed by atoms with van der Waals surface area (Å²) in [5.74, 6) is -4.39. The molecule has 1 aromatic carbocycles. The van der Waals surface area contributed by atoms with Crippen molar-refractivity contribution in [3.8, 4) is 11.8 Å². The van der Waals surface area contributed by atoms with Crippen LogP contribution in [0.1, 0.15) is 52.0 Å². The van der Waals surface area contributed by atoms with Crippen LogP contribution in [0.3, 0.4) is 0 Å². The summed E-state index contributed by atoms with van der Waals surface area (Å²) >= 11 is 0. The number of hydrogen-bond donors (Lipinski definition) is 3. The lowest BCUT2D eigenvalue weighted by Crippen LogP contribution is -2.54. The number of benzene rings is 1. The van der Waals surface area contributed by atoms with Crippen LogP contribution in [-0.4, -0.2) is 90.2 Å². The molecule has 19 nitrogen and oxygen atoms in total. The molecule has 0 aliphatic rings. The number of methoxy groups -OCH3 is 3. The van der Waals surface area contributed by atoms with Crippen molar-refractivity contribution in [1.82, 2.24) is 19.7 Å². The van der Waals surface area contributed by atoms with E-state index in [1.807, 2.05) is 6.07 Å². The predicted molar refractivity (Wildman–Crippen MR) is 190 cm³/mol. The number of fused-ring (bicyclic) bond motifs is 1. The second-order valence-electron chi connectivity index (χ2n) is 12.6. The fourth-order valence-corrected chi connectivity index (χ4v) is 6.36. The van der Waals surface area contributed by atoms with Crippen LogP contribution in [-0.2, 0) is 58.4 Å². The normalized spacial score (nSPS) is 15.9. The van der Waals surface area contributed by atoms with Crippen LogP contribution in [0, 0.1) is 23.2 Å². The van der Waals surface area contributed by atoms with E-state index in [1.54, 1.807) is 39.8 Å². The second-order valence-corrected chi connectivity index (χ2v) is 14.3. The average Bonchev–Trinajstić information content (AvgIpc) is 3.58. The first-order valence-electron chi connectivity index (χ1n) is 16.6. The predicted octanol–water partition coefficient (Wildman–Crippen LogP) is 2.43. The van der Waals surface area contributed by atoms with Gasteiger partial charge in [-0.15, -0.1) is 0 Å². The molecule has 1 unspecified atom stereocenters. The number of nitrogens with zero attached hydrogens (tertiary/aromatic N) is 4. The largest absolute Gasteiger partial charge is 0.468 e. The highest BCUT2D eigenvalue weighted by molar-refractivity contribution is 7.52. The molecule has 3 rings (SSSR count). The van der Waals surface area contributed by atoms with Crippen molar-refractivity contribution in [2.75, 3.05) is 33.7 Å². The molecule has 2 heterocycles. The standard InChI is InChI=1S/C34H46N7O12P/c1-19(2)30(42)51-27(25-13-14-26-29(37)38-18-39-41(25)26)28(52-31(43)20(3)4)34(16-35,49-8)17-50-54(46,40-21(5)32(44)47-6)53-23-11-9-22(10-12-23)15-24(36)33(45)48-7/h9-14,18-21,24,27-28H,15,17,36H2,1-8H3,(H,40,46)(H2,37,38,39)/t21-,24-,27-,28-,34+,54?/m0/s1. The lowest BCUT2D eigenvalue weighted by atomic mass is 9.92. The first kappa shape index (κ1) is 43.3. The molecular weight excluding hydrogens is 729 g/mol. The number of nitriles is 1. The maximum Gasteiger partial charge on any atom is 0.459 e. The number of nitrogens with two attached hydrogens (primary N) is 2. The highest BCUT2D eigenvalue weighted by Gasteiger charge is 2.53. The number of aromatic nitrogens is 3. The summed E-state index contributed by atoms with van der Waals surface area (Å²) < 4.78 is 54.3. The fourth-order valence-electron chi connectivity index (χ4n) is 4.84. The van der Waals surface area contributed by atoms with E-state index in [2.05, 4.69) is 19.9 Å². The van der Waals surface area contributed by atoms with Gasteiger partial charge in [-0.2, -0.15) is 15.4 Å². The zero-order valence-corrected chi connectivity index (χ0v) is 32.1. The molecule has 0 amide bonds. The van der Waals surface area contributed by atoms with Gasteiger partial charge >= 0.3 is 31.6 Å². The molecule has 0 aliphatic carbocycles. The summed E-state index contributed by atoms with van der Waals surface area (Å²) in [4.78, 5) is 54.7. The molecule has 2 aromatic heterocycles. The first-order valence-corrected chi connectivity index (χ1v) is 18.2. The molecular formula is C34H46N7O12P. The Hall–Kier alpha value is -5.12. The average molecular weight is 776 g/mol. The Bertz CT molecular complexity index is 1880. The van der Waals surface area contributed by atoms with Gasteiger partial charge in [-0.25, -0.2) is 14.1 Å². The summed E-state index contributed by atoms with van der Waals surface area (Å²) in [5, 5.41) is 17.5. The van der Waals surface area contributed by atoms with Gasteiger partial charge in [0, 0.05) is 7.11 Å². The van der Waals surface area contributed by atoms with E-state index in [1.165, 1.54) is 42.8 Å². The zero-order chi connectivity index (χ0) is 40.4. The minimum Gasteiger partial charge on any atom is -0.468 e. The molecule has 20 heteroatoms. The number of carbonyl (C=O) groups excluding carboxylic acids is 4. The van der Waals surface area contributed by atoms with Crippen LogP contribution in [0.2, 0.25) is 0 Å². The van der Waals surface area contributed by atoms with Crippen molar-refractivity contribution in [3.05, 3.63) is 54.0 Å². The van der Waals surface area contributed by atoms with Gasteiger partial charge in [0.25, 0.3) is 0 Å². The third-order valence-electron chi connectivity index (χ3n) is 7.98. The van der Waals surface area contributed by atoms with Crippen molar-refractivity contribution in [3.63, 3.8) is 0 Å². The second kappa shape index (κ2) is 18.8. The smallest absolute Gasteiger partial charge is 0.459 e. The molecule has 3 aromatic rings. The molecule has 0 saturated carbocycles. The summed E-state index contributed by atoms with van der Waals surface area (Å²) in [5.41, 5.74) is 10.6. The number of anilines is 1. The number of nitrogens with one attached hydrogen (secondary N) is 1. The Labute approximate surface area is 312 Å². The summed E-state index contributed by atoms with van der Waals surface area (Å²) in [7, 11) is -1.26. The van der Waals surface area contributed by atoms with Crippen molar-refractivity contribution >= 4 is 43.0 Å². The lowest BCUT2D eigenvalue weighted by Gasteiger charge is -2.38. The molecule has 0 saturated heterocycles. The fraction of sp³-hybridized carbons (Fsp3) is 0.500. The number of hydrogen-bond acceptors (Lipinski definition) is 17. The van der Waals surface area contributed by atoms with Crippen molar-refractivity contribution in [1.29, 1.82) is 5.26 Å². The Kier molecular flexibility index (Phi) is 15.0. The van der Waals surface area contributed by atoms with Gasteiger partial charge in [0.1, 0.15) is 42.4 Å². The van der Waals surface area contributed by atoms with E-state index in [9.17, 15) is 29.0 Å². The molecule has 0 spiro atoms. The third-order valence-corrected chi connectivity index (χ3v) is 9.61. The molecule has 5 N–H and O–H groups in total. The molecule has 54 heavy (non-hydrogen) atoms. The first-order chi connectivity index (χ1) is 25.4. The number of nitrogen functional groups attached to an aromatic ring is 1. The van der Waals surface area contributed by atoms with E-state index in [4.69, 9.17) is 39.5 Å². The number of esters is 4. The van der Waals surface area contributed by atoms with Crippen LogP contribution >= 0.6 is 7.75 Å². The summed E-state index contributed by atoms with van der Waals surface area (Å²) in [6.45, 7) is 6.60. The van der Waals surface area contributed by atoms with Crippen LogP contribution in [0.5, 0.6) is 5.75 Å². The zero-order valence-electron chi connectivity index (χ0n) is 31.2. The van der Waals surface area contributed by atoms with Crippen LogP contribution < -0.4 is 21.1 Å². The SMILES string of the molecule is COC(=O)[C@H](C)NP(=O)(OC[C@@](C#N)(OC)[C@@H](OC(=O)C(C)C)[C@@H](OC(=O)C(C)C)c1ccc2c(N)ncnn12)Oc1ccc(C[C@H](N)C(=O)OC)cc1. The van der Waals surface area contributed by atoms with Crippen LogP contribution in [0.25, 0.3) is 5.52 Å². The van der Waals surface area contributed by atoms with Gasteiger partial charge in [0.15, 0.2) is 18.0 Å². The molecule has 0 radical (unpaired) electrons. The van der Waals surface area contributed by atoms with Gasteiger partial charge in [0.05, 0.1) is 31.7 Å². The van der Waals surface area contributed by atoms with Crippen molar-refractivity contribution in [2.45, 2.75) is 70.9 Å². The summed E-state index contributed by atoms with van der Waals surface area (Å²) in [6, 6.07) is 8.68. The Morgan fingerprint density at radius 3 is 2.09 bits per heavy atom. The van der Waals surface area contributed by atoms with Gasteiger partial charge in [-0.1, -0.05) is 39.8 Å². The van der Waals surface area contributed by atoms with Gasteiger partial charge in [-0.3, -0.25) is 23.7 Å². The van der Waals surface area contributed by atoms with Gasteiger partial charge < -0.3 is 39.7 Å². The Morgan fingerprint density at radius 2 is 1.54 bits per heavy atom. The number of carbonyl (C=O) groups is 4. The quantitative estimate of drug-likeness (QED) is 0.0896. The minimum atomic E-state index is -4.69. The van der Waals surface area contributed by atoms with E-state index >= 15 is 0 Å². The lowest BCUT2D eigenvalue weighted by molar-refractivity contribution is -0.197. The van der Waals surface area contributed by atoms with Crippen molar-refractivity contribution in [2.24, 2.45) is 17.6 Å². The van der Waals surface area contributed by atoms with E-state index in [0.29, 0.717) is 11.1 Å². The highest BCUT2D eigenvalue weighted by Crippen LogP contribution is 2.47. The van der Waals surface area contributed by atoms with Crippen LogP contribution in [0.4, 0.5) is 5.82 Å². The monoisotopic (exact) mass is 775 g/mol. The number of rotatable bonds is 19. The van der Waals surface area contributed by atoms with Crippen LogP contribution in [0.15, 0.2) is 42.7 Å². The van der Waals surface area contributed by atoms with Gasteiger partial charge in [-0.05, 0) is 43.2 Å². The molecule has 294 valence electrons. The van der Waals surface area contributed by atoms with Gasteiger partial charge in [0.2, 0.25) is 5.60 Å². The van der Waals surface area contributed by atoms with E-state index in [-0.39, 0.29) is 23.7 Å². The van der Waals surface area contributed by atoms with E-state index < -0.39 is 80.0 Å². The highest BCUT2D eigenvalue weighted by atomic mass is 31.2. The van der Waals surface area contributed by atoms with E-state index in [0.717, 1.165) is 20.5 Å². The minimum absolute atomic E-state index is 0.0262. The Balaban J connectivity index is 2.13. The molecule has 0 bridgehead atoms. The molecule has 0 aliphatic heterocycles. The Morgan fingerprint density at radius 1 is 0.926 bits per heavy atom. The maximum atomic E-state index is 14.5. The number of ether oxygens (including phenoxy) is 5. The molecule has 0 fully saturated rings.